The van der Waals surface area contributed by atoms with E-state index in [-0.39, 0.29) is 11.6 Å². The average molecular weight is 245 g/mol. The average Bonchev–Trinajstić information content (AvgIpc) is 2.41. The number of nitrogens with zero attached hydrogens (tertiary/aromatic N) is 1. The van der Waals surface area contributed by atoms with E-state index in [2.05, 4.69) is 11.9 Å². The topological polar surface area (TPSA) is 47.0 Å². The number of carbonyl (C=O) groups excluding carboxylic acids is 2. The van der Waals surface area contributed by atoms with Crippen molar-refractivity contribution < 1.29 is 9.59 Å². The van der Waals surface area contributed by atoms with E-state index in [4.69, 9.17) is 0 Å². The van der Waals surface area contributed by atoms with E-state index in [1.54, 1.807) is 24.5 Å². The lowest BCUT2D eigenvalue weighted by molar-refractivity contribution is -0.124. The van der Waals surface area contributed by atoms with Crippen molar-refractivity contribution in [2.24, 2.45) is 11.8 Å². The van der Waals surface area contributed by atoms with E-state index in [1.807, 2.05) is 0 Å². The molecule has 1 aromatic heterocycles. The molecular formula is C15H19NO2. The SMILES string of the molecule is CCCC1CCC(=O)C(C(=O)c2ccncc2)C1. The van der Waals surface area contributed by atoms with Gasteiger partial charge in [-0.2, -0.15) is 0 Å². The molecule has 0 saturated heterocycles. The van der Waals surface area contributed by atoms with E-state index in [0.29, 0.717) is 17.9 Å². The van der Waals surface area contributed by atoms with Crippen LogP contribution in [0.3, 0.4) is 0 Å². The molecule has 0 spiro atoms. The molecule has 3 heteroatoms. The molecule has 2 unspecified atom stereocenters. The van der Waals surface area contributed by atoms with Crippen LogP contribution in [0.15, 0.2) is 24.5 Å². The number of hydrogen-bond donors (Lipinski definition) is 0. The van der Waals surface area contributed by atoms with Gasteiger partial charge in [-0.1, -0.05) is 19.8 Å². The van der Waals surface area contributed by atoms with Gasteiger partial charge in [0.25, 0.3) is 0 Å². The van der Waals surface area contributed by atoms with Crippen LogP contribution < -0.4 is 0 Å². The summed E-state index contributed by atoms with van der Waals surface area (Å²) in [5, 5.41) is 0. The van der Waals surface area contributed by atoms with Crippen molar-refractivity contribution in [1.82, 2.24) is 4.98 Å². The Kier molecular flexibility index (Phi) is 4.24. The van der Waals surface area contributed by atoms with E-state index in [0.717, 1.165) is 25.7 Å². The number of hydrogen-bond acceptors (Lipinski definition) is 3. The number of Topliss-reactive ketones (excluding diaryl/α,β-unsaturated/α-hetero) is 2. The normalized spacial score (nSPS) is 23.9. The predicted octanol–water partition coefficient (Wildman–Crippen LogP) is 3.05. The Labute approximate surface area is 108 Å². The summed E-state index contributed by atoms with van der Waals surface area (Å²) in [6.07, 6.45) is 7.68. The zero-order valence-electron chi connectivity index (χ0n) is 10.8. The second-order valence-corrected chi connectivity index (χ2v) is 5.05. The van der Waals surface area contributed by atoms with Gasteiger partial charge in [0.05, 0.1) is 5.92 Å². The monoisotopic (exact) mass is 245 g/mol. The first-order valence-corrected chi connectivity index (χ1v) is 6.69. The van der Waals surface area contributed by atoms with Crippen molar-refractivity contribution >= 4 is 11.6 Å². The molecule has 96 valence electrons. The molecule has 1 saturated carbocycles. The number of ketones is 2. The van der Waals surface area contributed by atoms with E-state index in [9.17, 15) is 9.59 Å². The lowest BCUT2D eigenvalue weighted by Gasteiger charge is -2.27. The van der Waals surface area contributed by atoms with Crippen LogP contribution in [0.5, 0.6) is 0 Å². The molecule has 0 aromatic carbocycles. The maximum absolute atomic E-state index is 12.3. The molecule has 1 aromatic rings. The molecular weight excluding hydrogens is 226 g/mol. The Bertz CT molecular complexity index is 427. The fourth-order valence-corrected chi connectivity index (χ4v) is 2.74. The zero-order valence-corrected chi connectivity index (χ0v) is 10.8. The fourth-order valence-electron chi connectivity index (χ4n) is 2.74. The quantitative estimate of drug-likeness (QED) is 0.605. The molecule has 0 N–H and O–H groups in total. The first-order valence-electron chi connectivity index (χ1n) is 6.69. The first-order chi connectivity index (χ1) is 8.72. The van der Waals surface area contributed by atoms with Crippen molar-refractivity contribution in [1.29, 1.82) is 0 Å². The Morgan fingerprint density at radius 1 is 1.39 bits per heavy atom. The van der Waals surface area contributed by atoms with Gasteiger partial charge in [0.15, 0.2) is 5.78 Å². The Hall–Kier alpha value is -1.51. The van der Waals surface area contributed by atoms with Gasteiger partial charge in [-0.05, 0) is 30.9 Å². The summed E-state index contributed by atoms with van der Waals surface area (Å²) in [6.45, 7) is 2.15. The molecule has 3 nitrogen and oxygen atoms in total. The highest BCUT2D eigenvalue weighted by atomic mass is 16.1. The van der Waals surface area contributed by atoms with Gasteiger partial charge in [-0.25, -0.2) is 0 Å². The minimum Gasteiger partial charge on any atom is -0.299 e. The van der Waals surface area contributed by atoms with Gasteiger partial charge in [0, 0.05) is 24.4 Å². The molecule has 18 heavy (non-hydrogen) atoms. The molecule has 0 amide bonds. The molecule has 1 aliphatic rings. The third-order valence-electron chi connectivity index (χ3n) is 3.73. The molecule has 0 radical (unpaired) electrons. The first kappa shape index (κ1) is 12.9. The van der Waals surface area contributed by atoms with Crippen LogP contribution in [0.1, 0.15) is 49.4 Å². The van der Waals surface area contributed by atoms with Crippen molar-refractivity contribution in [2.75, 3.05) is 0 Å². The molecule has 2 atom stereocenters. The minimum absolute atomic E-state index is 0.0248. The van der Waals surface area contributed by atoms with Gasteiger partial charge in [0.1, 0.15) is 5.78 Å². The number of rotatable bonds is 4. The zero-order chi connectivity index (χ0) is 13.0. The largest absolute Gasteiger partial charge is 0.299 e. The Morgan fingerprint density at radius 2 is 2.11 bits per heavy atom. The van der Waals surface area contributed by atoms with E-state index < -0.39 is 5.92 Å². The van der Waals surface area contributed by atoms with Crippen LogP contribution in [0.2, 0.25) is 0 Å². The summed E-state index contributed by atoms with van der Waals surface area (Å²) in [7, 11) is 0. The van der Waals surface area contributed by atoms with Crippen LogP contribution in [0, 0.1) is 11.8 Å². The van der Waals surface area contributed by atoms with Gasteiger partial charge < -0.3 is 0 Å². The second kappa shape index (κ2) is 5.89. The molecule has 1 aliphatic carbocycles. The Balaban J connectivity index is 2.10. The lowest BCUT2D eigenvalue weighted by atomic mass is 9.75. The van der Waals surface area contributed by atoms with Gasteiger partial charge in [0.2, 0.25) is 0 Å². The highest BCUT2D eigenvalue weighted by Crippen LogP contribution is 2.31. The standard InChI is InChI=1S/C15H19NO2/c1-2-3-11-4-5-14(17)13(10-11)15(18)12-6-8-16-9-7-12/h6-9,11,13H,2-5,10H2,1H3. The Morgan fingerprint density at radius 3 is 2.78 bits per heavy atom. The van der Waals surface area contributed by atoms with Crippen LogP contribution in [0.4, 0.5) is 0 Å². The maximum Gasteiger partial charge on any atom is 0.173 e. The van der Waals surface area contributed by atoms with Crippen LogP contribution in [-0.2, 0) is 4.79 Å². The van der Waals surface area contributed by atoms with Gasteiger partial charge in [-0.15, -0.1) is 0 Å². The minimum atomic E-state index is -0.419. The van der Waals surface area contributed by atoms with Crippen molar-refractivity contribution in [3.63, 3.8) is 0 Å². The summed E-state index contributed by atoms with van der Waals surface area (Å²) in [4.78, 5) is 28.1. The third-order valence-corrected chi connectivity index (χ3v) is 3.73. The van der Waals surface area contributed by atoms with E-state index >= 15 is 0 Å². The summed E-state index contributed by atoms with van der Waals surface area (Å²) in [5.41, 5.74) is 0.612. The van der Waals surface area contributed by atoms with Crippen LogP contribution in [0.25, 0.3) is 0 Å². The molecule has 0 bridgehead atoms. The van der Waals surface area contributed by atoms with Crippen LogP contribution in [-0.4, -0.2) is 16.6 Å². The summed E-state index contributed by atoms with van der Waals surface area (Å²) in [6, 6.07) is 3.39. The van der Waals surface area contributed by atoms with Crippen molar-refractivity contribution in [3.05, 3.63) is 30.1 Å². The van der Waals surface area contributed by atoms with Gasteiger partial charge in [-0.3, -0.25) is 14.6 Å². The third kappa shape index (κ3) is 2.84. The van der Waals surface area contributed by atoms with Crippen LogP contribution >= 0.6 is 0 Å². The van der Waals surface area contributed by atoms with E-state index in [1.165, 1.54) is 0 Å². The van der Waals surface area contributed by atoms with Gasteiger partial charge >= 0.3 is 0 Å². The highest BCUT2D eigenvalue weighted by Gasteiger charge is 2.33. The molecule has 0 aliphatic heterocycles. The maximum atomic E-state index is 12.3. The summed E-state index contributed by atoms with van der Waals surface area (Å²) >= 11 is 0. The highest BCUT2D eigenvalue weighted by molar-refractivity contribution is 6.10. The van der Waals surface area contributed by atoms with Crippen molar-refractivity contribution in [3.8, 4) is 0 Å². The number of aromatic nitrogens is 1. The fraction of sp³-hybridized carbons (Fsp3) is 0.533. The predicted molar refractivity (Wildman–Crippen MR) is 69.3 cm³/mol. The number of pyridine rings is 1. The molecule has 2 rings (SSSR count). The number of carbonyl (C=O) groups is 2. The summed E-state index contributed by atoms with van der Waals surface area (Å²) in [5.74, 6) is 0.202. The molecule has 1 fully saturated rings. The lowest BCUT2D eigenvalue weighted by Crippen LogP contribution is -2.31. The second-order valence-electron chi connectivity index (χ2n) is 5.05. The van der Waals surface area contributed by atoms with Crippen molar-refractivity contribution in [2.45, 2.75) is 39.0 Å². The smallest absolute Gasteiger partial charge is 0.173 e. The summed E-state index contributed by atoms with van der Waals surface area (Å²) < 4.78 is 0. The molecule has 1 heterocycles.